The minimum atomic E-state index is -0.572. The first kappa shape index (κ1) is 24.3. The summed E-state index contributed by atoms with van der Waals surface area (Å²) < 4.78 is 0.897. The van der Waals surface area contributed by atoms with E-state index in [0.29, 0.717) is 10.6 Å². The van der Waals surface area contributed by atoms with Crippen molar-refractivity contribution in [3.05, 3.63) is 140 Å². The summed E-state index contributed by atoms with van der Waals surface area (Å²) in [6.07, 6.45) is 0. The molecular weight excluding hydrogens is 576 g/mol. The number of imide groups is 1. The van der Waals surface area contributed by atoms with Gasteiger partial charge in [0.05, 0.1) is 18.4 Å². The largest absolute Gasteiger partial charge is 0.273 e. The van der Waals surface area contributed by atoms with Gasteiger partial charge in [-0.05, 0) is 64.2 Å². The van der Waals surface area contributed by atoms with Crippen LogP contribution in [0, 0.1) is 11.8 Å². The average molecular weight is 598 g/mol. The Morgan fingerprint density at radius 2 is 1.18 bits per heavy atom. The molecule has 192 valence electrons. The van der Waals surface area contributed by atoms with Crippen LogP contribution in [-0.2, 0) is 16.1 Å². The zero-order valence-electron chi connectivity index (χ0n) is 20.6. The second-order valence-corrected chi connectivity index (χ2v) is 11.6. The predicted molar refractivity (Wildman–Crippen MR) is 151 cm³/mol. The Kier molecular flexibility index (Phi) is 5.72. The van der Waals surface area contributed by atoms with Crippen molar-refractivity contribution >= 4 is 45.3 Å². The molecule has 4 aromatic rings. The number of carbonyl (C=O) groups excluding carboxylic acids is 3. The molecule has 3 amide bonds. The molecule has 2 atom stereocenters. The predicted octanol–water partition coefficient (Wildman–Crippen LogP) is 6.55. The van der Waals surface area contributed by atoms with E-state index in [2.05, 4.69) is 40.2 Å². The molecule has 0 unspecified atom stereocenters. The van der Waals surface area contributed by atoms with Gasteiger partial charge in [-0.2, -0.15) is 5.01 Å². The van der Waals surface area contributed by atoms with Gasteiger partial charge in [-0.15, -0.1) is 0 Å². The molecule has 4 aromatic carbocycles. The van der Waals surface area contributed by atoms with Crippen LogP contribution in [-0.4, -0.2) is 27.7 Å². The van der Waals surface area contributed by atoms with Crippen molar-refractivity contribution in [3.8, 4) is 0 Å². The van der Waals surface area contributed by atoms with Crippen molar-refractivity contribution < 1.29 is 14.4 Å². The highest BCUT2D eigenvalue weighted by Gasteiger charge is 2.63. The fraction of sp³-hybridized carbons (Fsp3) is 0.156. The van der Waals surface area contributed by atoms with Gasteiger partial charge < -0.3 is 0 Å². The molecule has 0 aromatic heterocycles. The zero-order chi connectivity index (χ0) is 26.8. The smallest absolute Gasteiger partial charge is 0.272 e. The summed E-state index contributed by atoms with van der Waals surface area (Å²) in [5.74, 6) is -2.72. The van der Waals surface area contributed by atoms with Gasteiger partial charge in [-0.3, -0.25) is 14.4 Å². The molecule has 0 saturated carbocycles. The SMILES string of the molecule is O=C(c1ccc(Cl)cc1)N(Cc1ccc(Br)cc1)N1C(=O)[C@@H]2C3c4ccccc4C(c4ccccc43)[C@H]2C1=O. The molecule has 2 bridgehead atoms. The number of rotatable bonds is 4. The average Bonchev–Trinajstić information content (AvgIpc) is 3.23. The van der Waals surface area contributed by atoms with Crippen LogP contribution in [0.15, 0.2) is 102 Å². The van der Waals surface area contributed by atoms with Crippen LogP contribution >= 0.6 is 27.5 Å². The molecule has 39 heavy (non-hydrogen) atoms. The second kappa shape index (κ2) is 9.18. The third kappa shape index (κ3) is 3.69. The molecule has 8 rings (SSSR count). The number of amides is 3. The van der Waals surface area contributed by atoms with Crippen molar-refractivity contribution in [2.24, 2.45) is 11.8 Å². The van der Waals surface area contributed by atoms with Crippen molar-refractivity contribution in [1.29, 1.82) is 0 Å². The van der Waals surface area contributed by atoms with Gasteiger partial charge in [-0.1, -0.05) is 88.2 Å². The summed E-state index contributed by atoms with van der Waals surface area (Å²) in [6, 6.07) is 30.2. The summed E-state index contributed by atoms with van der Waals surface area (Å²) in [5.41, 5.74) is 5.51. The lowest BCUT2D eigenvalue weighted by Gasteiger charge is -2.45. The molecule has 0 radical (unpaired) electrons. The van der Waals surface area contributed by atoms with Gasteiger partial charge in [0.15, 0.2) is 0 Å². The Labute approximate surface area is 239 Å². The van der Waals surface area contributed by atoms with E-state index in [1.165, 1.54) is 5.01 Å². The number of hydrogen-bond acceptors (Lipinski definition) is 3. The maximum atomic E-state index is 14.3. The molecule has 1 heterocycles. The number of benzene rings is 4. The monoisotopic (exact) mass is 596 g/mol. The first-order valence-electron chi connectivity index (χ1n) is 12.8. The lowest BCUT2D eigenvalue weighted by atomic mass is 9.55. The van der Waals surface area contributed by atoms with Crippen LogP contribution in [0.2, 0.25) is 5.02 Å². The Bertz CT molecular complexity index is 1540. The highest BCUT2D eigenvalue weighted by Crippen LogP contribution is 2.61. The standard InChI is InChI=1S/C32H22BrClN2O3/c33-20-13-9-18(10-14-20)17-35(30(37)19-11-15-21(34)16-12-19)36-31(38)28-26-22-5-1-2-6-23(22)27(29(28)32(36)39)25-8-4-3-7-24(25)26/h1-16,26-29H,17H2/t26?,27?,28-,29-/m1/s1. The van der Waals surface area contributed by atoms with Gasteiger partial charge in [0.1, 0.15) is 0 Å². The first-order valence-corrected chi connectivity index (χ1v) is 14.0. The quantitative estimate of drug-likeness (QED) is 0.251. The fourth-order valence-electron chi connectivity index (χ4n) is 6.64. The number of hydrogen-bond donors (Lipinski definition) is 0. The highest BCUT2D eigenvalue weighted by atomic mass is 79.9. The number of hydrazine groups is 1. The topological polar surface area (TPSA) is 57.7 Å². The molecule has 1 aliphatic heterocycles. The van der Waals surface area contributed by atoms with Crippen molar-refractivity contribution in [1.82, 2.24) is 10.0 Å². The van der Waals surface area contributed by atoms with Gasteiger partial charge in [0, 0.05) is 26.9 Å². The Hall–Kier alpha value is -3.74. The first-order chi connectivity index (χ1) is 18.9. The molecule has 7 heteroatoms. The van der Waals surface area contributed by atoms with E-state index in [1.54, 1.807) is 24.3 Å². The molecule has 5 nitrogen and oxygen atoms in total. The van der Waals surface area contributed by atoms with Crippen molar-refractivity contribution in [2.45, 2.75) is 18.4 Å². The van der Waals surface area contributed by atoms with Gasteiger partial charge in [-0.25, -0.2) is 5.01 Å². The third-order valence-corrected chi connectivity index (χ3v) is 9.02. The Balaban J connectivity index is 1.35. The molecule has 1 fully saturated rings. The maximum Gasteiger partial charge on any atom is 0.273 e. The van der Waals surface area contributed by atoms with Crippen molar-refractivity contribution in [2.75, 3.05) is 0 Å². The molecular formula is C32H22BrClN2O3. The van der Waals surface area contributed by atoms with E-state index in [1.807, 2.05) is 48.5 Å². The lowest BCUT2D eigenvalue weighted by Crippen LogP contribution is -2.50. The molecule has 4 aliphatic rings. The molecule has 0 N–H and O–H groups in total. The summed E-state index contributed by atoms with van der Waals surface area (Å²) >= 11 is 9.52. The Morgan fingerprint density at radius 3 is 1.64 bits per heavy atom. The van der Waals surface area contributed by atoms with Crippen LogP contribution in [0.1, 0.15) is 50.0 Å². The minimum Gasteiger partial charge on any atom is -0.272 e. The number of nitrogens with zero attached hydrogens (tertiary/aromatic N) is 2. The van der Waals surface area contributed by atoms with E-state index in [-0.39, 0.29) is 30.2 Å². The second-order valence-electron chi connectivity index (χ2n) is 10.2. The summed E-state index contributed by atoms with van der Waals surface area (Å²) in [6.45, 7) is 0.0703. The third-order valence-electron chi connectivity index (χ3n) is 8.24. The summed E-state index contributed by atoms with van der Waals surface area (Å²) in [5, 5.41) is 2.94. The number of halogens is 2. The molecule has 3 aliphatic carbocycles. The highest BCUT2D eigenvalue weighted by molar-refractivity contribution is 9.10. The van der Waals surface area contributed by atoms with E-state index in [4.69, 9.17) is 11.6 Å². The zero-order valence-corrected chi connectivity index (χ0v) is 23.0. The maximum absolute atomic E-state index is 14.3. The van der Waals surface area contributed by atoms with Crippen molar-refractivity contribution in [3.63, 3.8) is 0 Å². The van der Waals surface area contributed by atoms with E-state index >= 15 is 0 Å². The minimum absolute atomic E-state index is 0.0703. The normalized spacial score (nSPS) is 22.4. The Morgan fingerprint density at radius 1 is 0.718 bits per heavy atom. The van der Waals surface area contributed by atoms with Crippen LogP contribution in [0.25, 0.3) is 0 Å². The fourth-order valence-corrected chi connectivity index (χ4v) is 7.03. The summed E-state index contributed by atoms with van der Waals surface area (Å²) in [4.78, 5) is 42.6. The van der Waals surface area contributed by atoms with Gasteiger partial charge in [0.2, 0.25) is 0 Å². The lowest BCUT2D eigenvalue weighted by molar-refractivity contribution is -0.155. The number of carbonyl (C=O) groups is 3. The van der Waals surface area contributed by atoms with Gasteiger partial charge in [0.25, 0.3) is 17.7 Å². The van der Waals surface area contributed by atoms with E-state index < -0.39 is 17.7 Å². The van der Waals surface area contributed by atoms with E-state index in [9.17, 15) is 14.4 Å². The van der Waals surface area contributed by atoms with Gasteiger partial charge >= 0.3 is 0 Å². The summed E-state index contributed by atoms with van der Waals surface area (Å²) in [7, 11) is 0. The van der Waals surface area contributed by atoms with E-state index in [0.717, 1.165) is 37.3 Å². The van der Waals surface area contributed by atoms with Crippen LogP contribution < -0.4 is 0 Å². The van der Waals surface area contributed by atoms with Crippen LogP contribution in [0.4, 0.5) is 0 Å². The van der Waals surface area contributed by atoms with Crippen LogP contribution in [0.3, 0.4) is 0 Å². The molecule has 0 spiro atoms. The molecule has 1 saturated heterocycles. The van der Waals surface area contributed by atoms with Crippen LogP contribution in [0.5, 0.6) is 0 Å².